The van der Waals surface area contributed by atoms with Gasteiger partial charge >= 0.3 is 0 Å². The molecule has 2 nitrogen and oxygen atoms in total. The van der Waals surface area contributed by atoms with Gasteiger partial charge in [0.1, 0.15) is 0 Å². The number of halogens is 2. The van der Waals surface area contributed by atoms with Gasteiger partial charge in [-0.25, -0.2) is 8.78 Å². The Kier molecular flexibility index (Phi) is 3.46. The minimum atomic E-state index is -0.860. The Hall–Kier alpha value is -2.10. The smallest absolute Gasteiger partial charge is 0.159 e. The van der Waals surface area contributed by atoms with Crippen molar-refractivity contribution >= 4 is 0 Å². The Balaban J connectivity index is 2.06. The van der Waals surface area contributed by atoms with Crippen molar-refractivity contribution in [3.63, 3.8) is 0 Å². The molecule has 0 saturated heterocycles. The summed E-state index contributed by atoms with van der Waals surface area (Å²) in [5.41, 5.74) is 1.50. The summed E-state index contributed by atoms with van der Waals surface area (Å²) in [4.78, 5) is 0. The summed E-state index contributed by atoms with van der Waals surface area (Å²) >= 11 is 0. The SMILES string of the molecule is Oc1ccc(CCc2ccc(F)c(F)c2)cc1O. The van der Waals surface area contributed by atoms with Crippen LogP contribution in [-0.2, 0) is 12.8 Å². The zero-order chi connectivity index (χ0) is 13.1. The van der Waals surface area contributed by atoms with Crippen molar-refractivity contribution in [3.05, 3.63) is 59.2 Å². The van der Waals surface area contributed by atoms with Crippen LogP contribution in [0.2, 0.25) is 0 Å². The molecule has 2 rings (SSSR count). The van der Waals surface area contributed by atoms with Gasteiger partial charge in [-0.1, -0.05) is 12.1 Å². The maximum atomic E-state index is 13.0. The molecule has 0 bridgehead atoms. The summed E-state index contributed by atoms with van der Waals surface area (Å²) in [6.07, 6.45) is 1.10. The second kappa shape index (κ2) is 5.04. The van der Waals surface area contributed by atoms with Gasteiger partial charge in [-0.15, -0.1) is 0 Å². The van der Waals surface area contributed by atoms with Crippen molar-refractivity contribution in [1.29, 1.82) is 0 Å². The highest BCUT2D eigenvalue weighted by atomic mass is 19.2. The molecule has 0 radical (unpaired) electrons. The molecule has 0 fully saturated rings. The van der Waals surface area contributed by atoms with Crippen molar-refractivity contribution in [3.8, 4) is 11.5 Å². The second-order valence-corrected chi connectivity index (χ2v) is 4.07. The summed E-state index contributed by atoms with van der Waals surface area (Å²) in [5.74, 6) is -2.08. The molecule has 0 unspecified atom stereocenters. The molecular formula is C14H12F2O2. The Morgan fingerprint density at radius 2 is 1.33 bits per heavy atom. The third kappa shape index (κ3) is 2.77. The van der Waals surface area contributed by atoms with Gasteiger partial charge < -0.3 is 10.2 Å². The minimum Gasteiger partial charge on any atom is -0.504 e. The van der Waals surface area contributed by atoms with Gasteiger partial charge in [0.15, 0.2) is 23.1 Å². The van der Waals surface area contributed by atoms with E-state index in [0.717, 1.165) is 17.7 Å². The second-order valence-electron chi connectivity index (χ2n) is 4.07. The minimum absolute atomic E-state index is 0.174. The van der Waals surface area contributed by atoms with E-state index in [1.165, 1.54) is 18.2 Å². The van der Waals surface area contributed by atoms with Crippen LogP contribution in [-0.4, -0.2) is 10.2 Å². The Morgan fingerprint density at radius 1 is 0.722 bits per heavy atom. The average Bonchev–Trinajstić information content (AvgIpc) is 2.35. The maximum absolute atomic E-state index is 13.0. The first kappa shape index (κ1) is 12.4. The lowest BCUT2D eigenvalue weighted by Gasteiger charge is -2.04. The number of hydrogen-bond acceptors (Lipinski definition) is 2. The molecule has 18 heavy (non-hydrogen) atoms. The number of benzene rings is 2. The number of phenols is 2. The summed E-state index contributed by atoms with van der Waals surface area (Å²) in [6, 6.07) is 8.31. The number of aryl methyl sites for hydroxylation is 2. The van der Waals surface area contributed by atoms with E-state index in [1.54, 1.807) is 6.07 Å². The summed E-state index contributed by atoms with van der Waals surface area (Å²) in [5, 5.41) is 18.5. The van der Waals surface area contributed by atoms with Gasteiger partial charge in [0.2, 0.25) is 0 Å². The fraction of sp³-hybridized carbons (Fsp3) is 0.143. The molecule has 2 aromatic rings. The van der Waals surface area contributed by atoms with E-state index in [1.807, 2.05) is 0 Å². The first-order valence-corrected chi connectivity index (χ1v) is 5.51. The zero-order valence-electron chi connectivity index (χ0n) is 9.53. The Morgan fingerprint density at radius 3 is 1.94 bits per heavy atom. The third-order valence-electron chi connectivity index (χ3n) is 2.73. The zero-order valence-corrected chi connectivity index (χ0v) is 9.53. The third-order valence-corrected chi connectivity index (χ3v) is 2.73. The Bertz CT molecular complexity index is 516. The van der Waals surface area contributed by atoms with E-state index in [2.05, 4.69) is 0 Å². The van der Waals surface area contributed by atoms with E-state index in [4.69, 9.17) is 5.11 Å². The fourth-order valence-electron chi connectivity index (χ4n) is 1.71. The highest BCUT2D eigenvalue weighted by molar-refractivity contribution is 5.40. The monoisotopic (exact) mass is 250 g/mol. The van der Waals surface area contributed by atoms with Gasteiger partial charge in [-0.3, -0.25) is 0 Å². The molecule has 0 aliphatic heterocycles. The first-order chi connectivity index (χ1) is 8.56. The maximum Gasteiger partial charge on any atom is 0.159 e. The lowest BCUT2D eigenvalue weighted by atomic mass is 10.0. The van der Waals surface area contributed by atoms with Crippen LogP contribution in [0.15, 0.2) is 36.4 Å². The van der Waals surface area contributed by atoms with Gasteiger partial charge in [-0.2, -0.15) is 0 Å². The first-order valence-electron chi connectivity index (χ1n) is 5.51. The van der Waals surface area contributed by atoms with Gasteiger partial charge in [0, 0.05) is 0 Å². The number of aromatic hydroxyl groups is 2. The van der Waals surface area contributed by atoms with Crippen molar-refractivity contribution in [2.24, 2.45) is 0 Å². The molecule has 0 aliphatic rings. The summed E-state index contributed by atoms with van der Waals surface area (Å²) < 4.78 is 25.7. The molecule has 0 spiro atoms. The van der Waals surface area contributed by atoms with Crippen LogP contribution in [0.5, 0.6) is 11.5 Å². The topological polar surface area (TPSA) is 40.5 Å². The predicted octanol–water partition coefficient (Wildman–Crippen LogP) is 3.16. The van der Waals surface area contributed by atoms with Crippen LogP contribution in [0.4, 0.5) is 8.78 Å². The summed E-state index contributed by atoms with van der Waals surface area (Å²) in [7, 11) is 0. The van der Waals surface area contributed by atoms with Crippen LogP contribution < -0.4 is 0 Å². The molecule has 0 atom stereocenters. The van der Waals surface area contributed by atoms with Crippen LogP contribution in [0, 0.1) is 11.6 Å². The average molecular weight is 250 g/mol. The molecule has 94 valence electrons. The van der Waals surface area contributed by atoms with Crippen LogP contribution in [0.1, 0.15) is 11.1 Å². The highest BCUT2D eigenvalue weighted by Gasteiger charge is 2.04. The number of rotatable bonds is 3. The predicted molar refractivity (Wildman–Crippen MR) is 63.5 cm³/mol. The van der Waals surface area contributed by atoms with Crippen LogP contribution >= 0.6 is 0 Å². The molecule has 0 heterocycles. The van der Waals surface area contributed by atoms with E-state index < -0.39 is 11.6 Å². The molecule has 4 heteroatoms. The Labute approximate surface area is 103 Å². The summed E-state index contributed by atoms with van der Waals surface area (Å²) in [6.45, 7) is 0. The molecule has 0 aromatic heterocycles. The van der Waals surface area contributed by atoms with E-state index in [9.17, 15) is 13.9 Å². The number of phenolic OH excluding ortho intramolecular Hbond substituents is 2. The van der Waals surface area contributed by atoms with Gasteiger partial charge in [-0.05, 0) is 48.2 Å². The van der Waals surface area contributed by atoms with Crippen molar-refractivity contribution in [1.82, 2.24) is 0 Å². The molecule has 0 saturated carbocycles. The molecule has 0 amide bonds. The largest absolute Gasteiger partial charge is 0.504 e. The van der Waals surface area contributed by atoms with Gasteiger partial charge in [0.05, 0.1) is 0 Å². The van der Waals surface area contributed by atoms with Crippen LogP contribution in [0.25, 0.3) is 0 Å². The standard InChI is InChI=1S/C14H12F2O2/c15-11-5-3-9(7-12(11)16)1-2-10-4-6-13(17)14(18)8-10/h3-8,17-18H,1-2H2. The number of hydrogen-bond donors (Lipinski definition) is 2. The van der Waals surface area contributed by atoms with Crippen molar-refractivity contribution < 1.29 is 19.0 Å². The highest BCUT2D eigenvalue weighted by Crippen LogP contribution is 2.25. The van der Waals surface area contributed by atoms with Crippen LogP contribution in [0.3, 0.4) is 0 Å². The van der Waals surface area contributed by atoms with Gasteiger partial charge in [0.25, 0.3) is 0 Å². The van der Waals surface area contributed by atoms with E-state index in [0.29, 0.717) is 18.4 Å². The molecule has 2 aromatic carbocycles. The van der Waals surface area contributed by atoms with Crippen molar-refractivity contribution in [2.75, 3.05) is 0 Å². The quantitative estimate of drug-likeness (QED) is 0.821. The lowest BCUT2D eigenvalue weighted by Crippen LogP contribution is -1.93. The normalized spacial score (nSPS) is 10.6. The van der Waals surface area contributed by atoms with Crippen molar-refractivity contribution in [2.45, 2.75) is 12.8 Å². The molecular weight excluding hydrogens is 238 g/mol. The van der Waals surface area contributed by atoms with E-state index in [-0.39, 0.29) is 11.5 Å². The fourth-order valence-corrected chi connectivity index (χ4v) is 1.71. The molecule has 0 aliphatic carbocycles. The van der Waals surface area contributed by atoms with E-state index >= 15 is 0 Å². The lowest BCUT2D eigenvalue weighted by molar-refractivity contribution is 0.403. The molecule has 2 N–H and O–H groups in total.